The minimum Gasteiger partial charge on any atom is -0.391 e. The van der Waals surface area contributed by atoms with Crippen molar-refractivity contribution in [3.8, 4) is 0 Å². The van der Waals surface area contributed by atoms with Crippen molar-refractivity contribution in [1.29, 1.82) is 0 Å². The van der Waals surface area contributed by atoms with E-state index < -0.39 is 34.3 Å². The molecule has 0 rings (SSSR count). The molecule has 13 heavy (non-hydrogen) atoms. The molecule has 0 bridgehead atoms. The van der Waals surface area contributed by atoms with Crippen LogP contribution in [0.15, 0.2) is 0 Å². The molecule has 2 N–H and O–H groups in total. The highest BCUT2D eigenvalue weighted by Crippen LogP contribution is 2.24. The van der Waals surface area contributed by atoms with Crippen LogP contribution in [0.25, 0.3) is 0 Å². The van der Waals surface area contributed by atoms with Gasteiger partial charge >= 0.3 is 0 Å². The maximum Gasteiger partial charge on any atom is 0.278 e. The Bertz CT molecular complexity index is 247. The molecule has 1 unspecified atom stereocenters. The summed E-state index contributed by atoms with van der Waals surface area (Å²) in [6, 6.07) is 0. The molecule has 1 atom stereocenters. The highest BCUT2D eigenvalue weighted by Gasteiger charge is 2.49. The Balaban J connectivity index is 5.16. The summed E-state index contributed by atoms with van der Waals surface area (Å²) in [6.45, 7) is -1.95. The van der Waals surface area contributed by atoms with Gasteiger partial charge in [0.15, 0.2) is 4.75 Å². The topological polar surface area (TPSA) is 74.6 Å². The normalized spacial score (nSPS) is 15.8. The van der Waals surface area contributed by atoms with Crippen molar-refractivity contribution in [3.05, 3.63) is 0 Å². The fourth-order valence-corrected chi connectivity index (χ4v) is 1.68. The molecule has 0 aliphatic carbocycles. The minimum absolute atomic E-state index is 0.159. The van der Waals surface area contributed by atoms with Crippen LogP contribution >= 0.6 is 0 Å². The molecule has 0 aliphatic heterocycles. The van der Waals surface area contributed by atoms with E-state index in [1.54, 1.807) is 0 Å². The summed E-state index contributed by atoms with van der Waals surface area (Å²) < 4.78 is 51.7. The van der Waals surface area contributed by atoms with Gasteiger partial charge in [-0.05, 0) is 6.42 Å². The second kappa shape index (κ2) is 4.30. The first-order valence-corrected chi connectivity index (χ1v) is 5.06. The summed E-state index contributed by atoms with van der Waals surface area (Å²) in [7, 11) is -4.94. The van der Waals surface area contributed by atoms with Crippen molar-refractivity contribution in [2.24, 2.45) is 0 Å². The highest BCUT2D eigenvalue weighted by molar-refractivity contribution is 7.87. The number of rotatable bonds is 5. The maximum atomic E-state index is 12.3. The zero-order chi connectivity index (χ0) is 10.7. The molecular weight excluding hydrogens is 206 g/mol. The van der Waals surface area contributed by atoms with E-state index in [0.29, 0.717) is 0 Å². The largest absolute Gasteiger partial charge is 0.391 e. The lowest BCUT2D eigenvalue weighted by atomic mass is 10.0. The zero-order valence-corrected chi connectivity index (χ0v) is 7.89. The number of aliphatic hydroxyl groups excluding tert-OH is 1. The molecule has 0 saturated carbocycles. The molecule has 4 nitrogen and oxygen atoms in total. The highest BCUT2D eigenvalue weighted by atomic mass is 32.2. The summed E-state index contributed by atoms with van der Waals surface area (Å²) in [5, 5.41) is 9.08. The summed E-state index contributed by atoms with van der Waals surface area (Å²) in [5.41, 5.74) is 0. The van der Waals surface area contributed by atoms with Crippen molar-refractivity contribution in [2.75, 3.05) is 13.3 Å². The van der Waals surface area contributed by atoms with E-state index in [9.17, 15) is 17.2 Å². The fourth-order valence-electron chi connectivity index (χ4n) is 0.896. The van der Waals surface area contributed by atoms with Gasteiger partial charge in [-0.25, -0.2) is 8.78 Å². The van der Waals surface area contributed by atoms with Gasteiger partial charge < -0.3 is 5.11 Å². The average molecular weight is 218 g/mol. The smallest absolute Gasteiger partial charge is 0.278 e. The predicted octanol–water partition coefficient (Wildman–Crippen LogP) is 0.323. The van der Waals surface area contributed by atoms with Crippen molar-refractivity contribution in [1.82, 2.24) is 0 Å². The van der Waals surface area contributed by atoms with Gasteiger partial charge in [-0.1, -0.05) is 6.92 Å². The van der Waals surface area contributed by atoms with E-state index in [1.165, 1.54) is 6.92 Å². The predicted molar refractivity (Wildman–Crippen MR) is 42.5 cm³/mol. The van der Waals surface area contributed by atoms with Crippen molar-refractivity contribution >= 4 is 10.1 Å². The maximum absolute atomic E-state index is 12.3. The van der Waals surface area contributed by atoms with Gasteiger partial charge in [-0.3, -0.25) is 4.55 Å². The van der Waals surface area contributed by atoms with Crippen LogP contribution < -0.4 is 0 Å². The molecule has 0 saturated heterocycles. The van der Waals surface area contributed by atoms with Gasteiger partial charge in [0.05, 0.1) is 6.10 Å². The number of hydrogen-bond donors (Lipinski definition) is 2. The van der Waals surface area contributed by atoms with Crippen LogP contribution in [0.5, 0.6) is 0 Å². The summed E-state index contributed by atoms with van der Waals surface area (Å²) in [5.74, 6) is 0. The van der Waals surface area contributed by atoms with Crippen molar-refractivity contribution in [3.63, 3.8) is 0 Å². The first-order valence-electron chi connectivity index (χ1n) is 3.62. The molecular formula is C6H12F2O4S. The molecule has 0 heterocycles. The van der Waals surface area contributed by atoms with E-state index in [1.807, 2.05) is 0 Å². The van der Waals surface area contributed by atoms with E-state index in [0.717, 1.165) is 0 Å². The van der Waals surface area contributed by atoms with Gasteiger partial charge in [0.25, 0.3) is 10.1 Å². The van der Waals surface area contributed by atoms with Crippen LogP contribution in [0, 0.1) is 0 Å². The second-order valence-electron chi connectivity index (χ2n) is 2.73. The Morgan fingerprint density at radius 3 is 1.85 bits per heavy atom. The van der Waals surface area contributed by atoms with Gasteiger partial charge in [0.1, 0.15) is 13.3 Å². The standard InChI is InChI=1S/C6H12F2O4S/c1-2-5(9)6(3-7,4-8)13(10,11)12/h5,9H,2-4H2,1H3,(H,10,11,12). The van der Waals surface area contributed by atoms with E-state index >= 15 is 0 Å². The molecule has 0 aromatic carbocycles. The zero-order valence-electron chi connectivity index (χ0n) is 7.07. The number of halogens is 2. The van der Waals surface area contributed by atoms with Gasteiger partial charge in [0.2, 0.25) is 0 Å². The van der Waals surface area contributed by atoms with E-state index in [4.69, 9.17) is 9.66 Å². The monoisotopic (exact) mass is 218 g/mol. The van der Waals surface area contributed by atoms with Crippen molar-refractivity contribution < 1.29 is 26.9 Å². The molecule has 0 aromatic rings. The number of alkyl halides is 2. The van der Waals surface area contributed by atoms with Gasteiger partial charge in [-0.2, -0.15) is 8.42 Å². The molecule has 0 fully saturated rings. The average Bonchev–Trinajstić information content (AvgIpc) is 2.04. The lowest BCUT2D eigenvalue weighted by Crippen LogP contribution is -2.52. The van der Waals surface area contributed by atoms with E-state index in [2.05, 4.69) is 0 Å². The third-order valence-corrected chi connectivity index (χ3v) is 3.48. The van der Waals surface area contributed by atoms with E-state index in [-0.39, 0.29) is 6.42 Å². The van der Waals surface area contributed by atoms with Crippen LogP contribution in [0.4, 0.5) is 8.78 Å². The molecule has 0 aliphatic rings. The first-order chi connectivity index (χ1) is 5.85. The number of hydrogen-bond acceptors (Lipinski definition) is 3. The Kier molecular flexibility index (Phi) is 4.21. The summed E-state index contributed by atoms with van der Waals surface area (Å²) in [4.78, 5) is 0. The third kappa shape index (κ3) is 2.15. The van der Waals surface area contributed by atoms with Crippen LogP contribution in [0.3, 0.4) is 0 Å². The van der Waals surface area contributed by atoms with Gasteiger partial charge in [0, 0.05) is 0 Å². The SMILES string of the molecule is CCC(O)C(CF)(CF)S(=O)(=O)O. The Labute approximate surface area is 75.3 Å². The number of aliphatic hydroxyl groups is 1. The second-order valence-corrected chi connectivity index (χ2v) is 4.49. The van der Waals surface area contributed by atoms with Crippen LogP contribution in [-0.4, -0.2) is 42.3 Å². The minimum atomic E-state index is -4.94. The Hall–Kier alpha value is -0.270. The summed E-state index contributed by atoms with van der Waals surface area (Å²) >= 11 is 0. The molecule has 80 valence electrons. The first kappa shape index (κ1) is 12.7. The summed E-state index contributed by atoms with van der Waals surface area (Å²) in [6.07, 6.45) is -1.91. The molecule has 0 aromatic heterocycles. The molecule has 0 spiro atoms. The Morgan fingerprint density at radius 2 is 1.77 bits per heavy atom. The fraction of sp³-hybridized carbons (Fsp3) is 1.00. The van der Waals surface area contributed by atoms with Crippen LogP contribution in [0.2, 0.25) is 0 Å². The third-order valence-electron chi connectivity index (χ3n) is 1.96. The molecule has 7 heteroatoms. The molecule has 0 amide bonds. The van der Waals surface area contributed by atoms with Gasteiger partial charge in [-0.15, -0.1) is 0 Å². The lowest BCUT2D eigenvalue weighted by molar-refractivity contribution is 0.0838. The van der Waals surface area contributed by atoms with Crippen LogP contribution in [0.1, 0.15) is 13.3 Å². The Morgan fingerprint density at radius 1 is 1.38 bits per heavy atom. The lowest BCUT2D eigenvalue weighted by Gasteiger charge is -2.28. The quantitative estimate of drug-likeness (QED) is 0.652. The van der Waals surface area contributed by atoms with Crippen LogP contribution in [-0.2, 0) is 10.1 Å². The van der Waals surface area contributed by atoms with Crippen molar-refractivity contribution in [2.45, 2.75) is 24.2 Å². The molecule has 0 radical (unpaired) electrons.